The summed E-state index contributed by atoms with van der Waals surface area (Å²) in [5.74, 6) is 0.659. The molecule has 3 rings (SSSR count). The number of imidazole rings is 1. The van der Waals surface area contributed by atoms with Gasteiger partial charge in [-0.1, -0.05) is 23.7 Å². The molecule has 2 aromatic carbocycles. The number of carbonyl (C=O) groups excluding carboxylic acids is 1. The average Bonchev–Trinajstić information content (AvgIpc) is 2.97. The number of para-hydroxylation sites is 2. The summed E-state index contributed by atoms with van der Waals surface area (Å²) in [5.41, 5.74) is 1.94. The Morgan fingerprint density at radius 3 is 2.57 bits per heavy atom. The smallest absolute Gasteiger partial charge is 0.240 e. The van der Waals surface area contributed by atoms with Crippen molar-refractivity contribution in [2.75, 3.05) is 13.1 Å². The molecule has 0 atom stereocenters. The number of hydrogen-bond donors (Lipinski definition) is 2. The number of carbonyl (C=O) groups is 1. The molecule has 1 heterocycles. The number of aryl methyl sites for hydroxylation is 1. The van der Waals surface area contributed by atoms with Crippen molar-refractivity contribution in [3.8, 4) is 0 Å². The van der Waals surface area contributed by atoms with E-state index in [0.29, 0.717) is 18.1 Å². The topological polar surface area (TPSA) is 93.1 Å². The monoisotopic (exact) mass is 420 g/mol. The lowest BCUT2D eigenvalue weighted by molar-refractivity contribution is -0.120. The molecule has 1 amide bonds. The molecule has 0 bridgehead atoms. The first kappa shape index (κ1) is 20.3. The second kappa shape index (κ2) is 8.72. The number of rotatable bonds is 8. The Kier molecular flexibility index (Phi) is 6.33. The molecule has 2 N–H and O–H groups in total. The number of nitrogens with one attached hydrogen (secondary N) is 2. The number of hydrogen-bond acceptors (Lipinski definition) is 4. The third kappa shape index (κ3) is 4.89. The van der Waals surface area contributed by atoms with E-state index in [2.05, 4.69) is 15.0 Å². The molecule has 0 aliphatic carbocycles. The molecule has 7 nitrogen and oxygen atoms in total. The van der Waals surface area contributed by atoms with E-state index in [1.165, 1.54) is 24.3 Å². The first-order valence-corrected chi connectivity index (χ1v) is 10.7. The SMILES string of the molecule is Cc1nc2ccccc2n1CCNC(=O)CCNS(=O)(=O)c1ccc(Cl)cc1. The van der Waals surface area contributed by atoms with Gasteiger partial charge in [-0.3, -0.25) is 4.79 Å². The molecule has 28 heavy (non-hydrogen) atoms. The van der Waals surface area contributed by atoms with Crippen LogP contribution in [0.15, 0.2) is 53.4 Å². The highest BCUT2D eigenvalue weighted by atomic mass is 35.5. The van der Waals surface area contributed by atoms with Crippen molar-refractivity contribution in [3.63, 3.8) is 0 Å². The van der Waals surface area contributed by atoms with Crippen LogP contribution in [0.1, 0.15) is 12.2 Å². The molecule has 9 heteroatoms. The quantitative estimate of drug-likeness (QED) is 0.585. The van der Waals surface area contributed by atoms with Crippen LogP contribution in [-0.2, 0) is 21.4 Å². The molecule has 0 unspecified atom stereocenters. The predicted molar refractivity (Wildman–Crippen MR) is 109 cm³/mol. The van der Waals surface area contributed by atoms with Crippen molar-refractivity contribution in [2.45, 2.75) is 24.8 Å². The number of benzene rings is 2. The van der Waals surface area contributed by atoms with E-state index < -0.39 is 10.0 Å². The molecule has 0 aliphatic rings. The van der Waals surface area contributed by atoms with E-state index in [1.54, 1.807) is 0 Å². The lowest BCUT2D eigenvalue weighted by Crippen LogP contribution is -2.32. The molecular formula is C19H21ClN4O3S. The Morgan fingerprint density at radius 2 is 1.82 bits per heavy atom. The van der Waals surface area contributed by atoms with Crippen molar-refractivity contribution < 1.29 is 13.2 Å². The Hall–Kier alpha value is -2.42. The standard InChI is InChI=1S/C19H21ClN4O3S/c1-14-23-17-4-2-3-5-18(17)24(14)13-12-21-19(25)10-11-22-28(26,27)16-8-6-15(20)7-9-16/h2-9,22H,10-13H2,1H3,(H,21,25). The number of halogens is 1. The van der Waals surface area contributed by atoms with Crippen LogP contribution in [0.2, 0.25) is 5.02 Å². The fraction of sp³-hybridized carbons (Fsp3) is 0.263. The third-order valence-corrected chi connectivity index (χ3v) is 6.00. The number of nitrogens with zero attached hydrogens (tertiary/aromatic N) is 2. The van der Waals surface area contributed by atoms with Crippen molar-refractivity contribution >= 4 is 38.6 Å². The predicted octanol–water partition coefficient (Wildman–Crippen LogP) is 2.48. The maximum Gasteiger partial charge on any atom is 0.240 e. The van der Waals surface area contributed by atoms with Crippen LogP contribution in [0.25, 0.3) is 11.0 Å². The summed E-state index contributed by atoms with van der Waals surface area (Å²) in [7, 11) is -3.66. The Labute approximate surface area is 168 Å². The van der Waals surface area contributed by atoms with Gasteiger partial charge in [0.15, 0.2) is 0 Å². The number of fused-ring (bicyclic) bond motifs is 1. The highest BCUT2D eigenvalue weighted by Gasteiger charge is 2.14. The van der Waals surface area contributed by atoms with E-state index in [4.69, 9.17) is 11.6 Å². The van der Waals surface area contributed by atoms with Gasteiger partial charge in [0.25, 0.3) is 0 Å². The van der Waals surface area contributed by atoms with Crippen molar-refractivity contribution in [1.82, 2.24) is 19.6 Å². The van der Waals surface area contributed by atoms with E-state index >= 15 is 0 Å². The van der Waals surface area contributed by atoms with Gasteiger partial charge in [-0.2, -0.15) is 0 Å². The lowest BCUT2D eigenvalue weighted by atomic mass is 10.3. The first-order valence-electron chi connectivity index (χ1n) is 8.80. The van der Waals surface area contributed by atoms with Gasteiger partial charge >= 0.3 is 0 Å². The first-order chi connectivity index (χ1) is 13.4. The van der Waals surface area contributed by atoms with Gasteiger partial charge in [0.05, 0.1) is 15.9 Å². The summed E-state index contributed by atoms with van der Waals surface area (Å²) in [6.07, 6.45) is 0.0521. The number of sulfonamides is 1. The molecule has 0 saturated carbocycles. The third-order valence-electron chi connectivity index (χ3n) is 4.27. The van der Waals surface area contributed by atoms with Crippen LogP contribution in [0.5, 0.6) is 0 Å². The van der Waals surface area contributed by atoms with Crippen LogP contribution in [0, 0.1) is 6.92 Å². The van der Waals surface area contributed by atoms with Gasteiger partial charge in [-0.25, -0.2) is 18.1 Å². The van der Waals surface area contributed by atoms with Crippen molar-refractivity contribution in [2.24, 2.45) is 0 Å². The van der Waals surface area contributed by atoms with Gasteiger partial charge in [-0.15, -0.1) is 0 Å². The second-order valence-corrected chi connectivity index (χ2v) is 8.45. The minimum Gasteiger partial charge on any atom is -0.354 e. The normalized spacial score (nSPS) is 11.6. The van der Waals surface area contributed by atoms with E-state index in [9.17, 15) is 13.2 Å². The maximum atomic E-state index is 12.2. The van der Waals surface area contributed by atoms with Crippen molar-refractivity contribution in [1.29, 1.82) is 0 Å². The van der Waals surface area contributed by atoms with Crippen LogP contribution >= 0.6 is 11.6 Å². The fourth-order valence-corrected chi connectivity index (χ4v) is 4.03. The van der Waals surface area contributed by atoms with Crippen LogP contribution in [0.3, 0.4) is 0 Å². The zero-order valence-corrected chi connectivity index (χ0v) is 16.9. The van der Waals surface area contributed by atoms with Gasteiger partial charge < -0.3 is 9.88 Å². The molecule has 1 aromatic heterocycles. The molecule has 0 fully saturated rings. The van der Waals surface area contributed by atoms with Crippen molar-refractivity contribution in [3.05, 3.63) is 59.4 Å². The molecule has 0 saturated heterocycles. The van der Waals surface area contributed by atoms with E-state index in [-0.39, 0.29) is 23.8 Å². The van der Waals surface area contributed by atoms with Gasteiger partial charge in [0.1, 0.15) is 5.82 Å². The van der Waals surface area contributed by atoms with Gasteiger partial charge in [0, 0.05) is 31.1 Å². The summed E-state index contributed by atoms with van der Waals surface area (Å²) >= 11 is 5.76. The number of amides is 1. The second-order valence-electron chi connectivity index (χ2n) is 6.25. The molecule has 148 valence electrons. The van der Waals surface area contributed by atoms with Crippen LogP contribution in [0.4, 0.5) is 0 Å². The molecule has 0 spiro atoms. The lowest BCUT2D eigenvalue weighted by Gasteiger charge is -2.09. The summed E-state index contributed by atoms with van der Waals surface area (Å²) in [4.78, 5) is 16.6. The largest absolute Gasteiger partial charge is 0.354 e. The summed E-state index contributed by atoms with van der Waals surface area (Å²) in [6.45, 7) is 2.97. The molecular weight excluding hydrogens is 400 g/mol. The highest BCUT2D eigenvalue weighted by Crippen LogP contribution is 2.15. The zero-order valence-electron chi connectivity index (χ0n) is 15.4. The Morgan fingerprint density at radius 1 is 1.11 bits per heavy atom. The zero-order chi connectivity index (χ0) is 20.1. The highest BCUT2D eigenvalue weighted by molar-refractivity contribution is 7.89. The summed E-state index contributed by atoms with van der Waals surface area (Å²) in [5, 5.41) is 3.26. The maximum absolute atomic E-state index is 12.2. The Bertz CT molecular complexity index is 1080. The van der Waals surface area contributed by atoms with E-state index in [0.717, 1.165) is 16.9 Å². The summed E-state index contributed by atoms with van der Waals surface area (Å²) < 4.78 is 28.8. The van der Waals surface area contributed by atoms with Crippen LogP contribution < -0.4 is 10.0 Å². The number of aromatic nitrogens is 2. The van der Waals surface area contributed by atoms with Gasteiger partial charge in [-0.05, 0) is 43.3 Å². The molecule has 0 radical (unpaired) electrons. The van der Waals surface area contributed by atoms with Crippen LogP contribution in [-0.4, -0.2) is 37.0 Å². The minimum atomic E-state index is -3.66. The summed E-state index contributed by atoms with van der Waals surface area (Å²) in [6, 6.07) is 13.7. The fourth-order valence-electron chi connectivity index (χ4n) is 2.87. The molecule has 3 aromatic rings. The minimum absolute atomic E-state index is 0.0177. The van der Waals surface area contributed by atoms with E-state index in [1.807, 2.05) is 35.8 Å². The molecule has 0 aliphatic heterocycles. The van der Waals surface area contributed by atoms with Gasteiger partial charge in [0.2, 0.25) is 15.9 Å². The Balaban J connectivity index is 1.46. The average molecular weight is 421 g/mol.